The van der Waals surface area contributed by atoms with Gasteiger partial charge in [-0.2, -0.15) is 0 Å². The van der Waals surface area contributed by atoms with Gasteiger partial charge >= 0.3 is 0 Å². The molecule has 0 unspecified atom stereocenters. The second kappa shape index (κ2) is 9.62. The highest BCUT2D eigenvalue weighted by atomic mass is 35.5. The van der Waals surface area contributed by atoms with Crippen molar-refractivity contribution in [3.8, 4) is 11.3 Å². The highest BCUT2D eigenvalue weighted by molar-refractivity contribution is 7.14. The number of thiazole rings is 1. The molecular weight excluding hydrogens is 413 g/mol. The molecule has 0 saturated heterocycles. The van der Waals surface area contributed by atoms with E-state index >= 15 is 0 Å². The lowest BCUT2D eigenvalue weighted by Gasteiger charge is -2.05. The first-order chi connectivity index (χ1) is 13.9. The molecule has 0 aliphatic heterocycles. The van der Waals surface area contributed by atoms with Crippen molar-refractivity contribution in [3.63, 3.8) is 0 Å². The monoisotopic (exact) mass is 431 g/mol. The average Bonchev–Trinajstić information content (AvgIpc) is 3.14. The fourth-order valence-electron chi connectivity index (χ4n) is 2.74. The molecule has 3 aromatic rings. The molecule has 1 aromatic heterocycles. The number of nitrogens with zero attached hydrogens (tertiary/aromatic N) is 1. The highest BCUT2D eigenvalue weighted by Crippen LogP contribution is 2.27. The lowest BCUT2D eigenvalue weighted by atomic mass is 10.1. The standard InChI is InChI=1S/C21H19ClFN3O2S/c1-13(27)24-11-3-4-14-7-9-15(10-8-14)18-12-29-21(25-18)26-20(28)19-16(22)5-2-6-17(19)23/h2,5-10,12H,3-4,11H2,1H3,(H,24,27)(H,25,26,28). The summed E-state index contributed by atoms with van der Waals surface area (Å²) in [5.41, 5.74) is 2.59. The number of aromatic nitrogens is 1. The topological polar surface area (TPSA) is 71.1 Å². The average molecular weight is 432 g/mol. The summed E-state index contributed by atoms with van der Waals surface area (Å²) in [4.78, 5) is 27.6. The largest absolute Gasteiger partial charge is 0.356 e. The van der Waals surface area contributed by atoms with Gasteiger partial charge in [-0.1, -0.05) is 41.9 Å². The van der Waals surface area contributed by atoms with Crippen molar-refractivity contribution in [3.05, 3.63) is 69.8 Å². The van der Waals surface area contributed by atoms with Crippen LogP contribution in [0.15, 0.2) is 47.8 Å². The minimum atomic E-state index is -0.680. The van der Waals surface area contributed by atoms with E-state index in [1.54, 1.807) is 0 Å². The zero-order chi connectivity index (χ0) is 20.8. The molecule has 0 radical (unpaired) electrons. The van der Waals surface area contributed by atoms with Crippen LogP contribution in [0.3, 0.4) is 0 Å². The van der Waals surface area contributed by atoms with Crippen molar-refractivity contribution in [2.75, 3.05) is 11.9 Å². The van der Waals surface area contributed by atoms with Crippen LogP contribution < -0.4 is 10.6 Å². The Bertz CT molecular complexity index is 1000. The molecule has 0 saturated carbocycles. The Morgan fingerprint density at radius 2 is 1.93 bits per heavy atom. The van der Waals surface area contributed by atoms with E-state index in [4.69, 9.17) is 11.6 Å². The maximum atomic E-state index is 13.9. The van der Waals surface area contributed by atoms with Gasteiger partial charge in [0.25, 0.3) is 5.91 Å². The number of hydrogen-bond acceptors (Lipinski definition) is 4. The second-order valence-electron chi connectivity index (χ2n) is 6.37. The first kappa shape index (κ1) is 21.0. The first-order valence-corrected chi connectivity index (χ1v) is 10.2. The van der Waals surface area contributed by atoms with E-state index < -0.39 is 11.7 Å². The van der Waals surface area contributed by atoms with Crippen molar-refractivity contribution in [1.82, 2.24) is 10.3 Å². The van der Waals surface area contributed by atoms with Crippen molar-refractivity contribution >= 4 is 39.9 Å². The Morgan fingerprint density at radius 3 is 2.62 bits per heavy atom. The number of rotatable bonds is 7. The minimum Gasteiger partial charge on any atom is -0.356 e. The molecule has 29 heavy (non-hydrogen) atoms. The van der Waals surface area contributed by atoms with E-state index in [1.165, 1.54) is 36.5 Å². The van der Waals surface area contributed by atoms with Crippen LogP contribution in [0, 0.1) is 5.82 Å². The van der Waals surface area contributed by atoms with Gasteiger partial charge in [0.05, 0.1) is 16.3 Å². The molecule has 0 aliphatic rings. The number of carbonyl (C=O) groups excluding carboxylic acids is 2. The molecular formula is C21H19ClFN3O2S. The van der Waals surface area contributed by atoms with Crippen LogP contribution in [0.5, 0.6) is 0 Å². The van der Waals surface area contributed by atoms with Gasteiger partial charge in [-0.15, -0.1) is 11.3 Å². The minimum absolute atomic E-state index is 0.0240. The van der Waals surface area contributed by atoms with Crippen LogP contribution in [0.25, 0.3) is 11.3 Å². The summed E-state index contributed by atoms with van der Waals surface area (Å²) in [5, 5.41) is 7.61. The van der Waals surface area contributed by atoms with Gasteiger partial charge < -0.3 is 5.32 Å². The molecule has 5 nitrogen and oxygen atoms in total. The van der Waals surface area contributed by atoms with Crippen LogP contribution in [-0.2, 0) is 11.2 Å². The molecule has 3 rings (SSSR count). The smallest absolute Gasteiger partial charge is 0.261 e. The molecule has 150 valence electrons. The molecule has 0 bridgehead atoms. The molecule has 2 N–H and O–H groups in total. The molecule has 8 heteroatoms. The number of carbonyl (C=O) groups is 2. The van der Waals surface area contributed by atoms with Gasteiger partial charge in [-0.3, -0.25) is 14.9 Å². The van der Waals surface area contributed by atoms with Crippen LogP contribution in [0.1, 0.15) is 29.3 Å². The summed E-state index contributed by atoms with van der Waals surface area (Å²) >= 11 is 7.18. The summed E-state index contributed by atoms with van der Waals surface area (Å²) in [6, 6.07) is 12.0. The maximum Gasteiger partial charge on any atom is 0.261 e. The summed E-state index contributed by atoms with van der Waals surface area (Å²) < 4.78 is 13.9. The van der Waals surface area contributed by atoms with Crippen molar-refractivity contribution in [2.24, 2.45) is 0 Å². The lowest BCUT2D eigenvalue weighted by Crippen LogP contribution is -2.21. The van der Waals surface area contributed by atoms with Crippen molar-refractivity contribution in [1.29, 1.82) is 0 Å². The molecule has 0 atom stereocenters. The Labute approximate surface area is 176 Å². The predicted molar refractivity (Wildman–Crippen MR) is 114 cm³/mol. The third-order valence-corrected chi connectivity index (χ3v) is 5.25. The van der Waals surface area contributed by atoms with Gasteiger partial charge in [0, 0.05) is 24.4 Å². The highest BCUT2D eigenvalue weighted by Gasteiger charge is 2.17. The molecule has 2 aromatic carbocycles. The van der Waals surface area contributed by atoms with Gasteiger partial charge in [0.15, 0.2) is 5.13 Å². The van der Waals surface area contributed by atoms with E-state index in [1.807, 2.05) is 29.6 Å². The zero-order valence-electron chi connectivity index (χ0n) is 15.7. The Hall–Kier alpha value is -2.77. The number of amides is 2. The van der Waals surface area contributed by atoms with Crippen LogP contribution in [0.2, 0.25) is 5.02 Å². The number of benzene rings is 2. The van der Waals surface area contributed by atoms with Gasteiger partial charge in [0.2, 0.25) is 5.91 Å². The second-order valence-corrected chi connectivity index (χ2v) is 7.64. The van der Waals surface area contributed by atoms with Crippen LogP contribution >= 0.6 is 22.9 Å². The number of aryl methyl sites for hydroxylation is 1. The van der Waals surface area contributed by atoms with Crippen LogP contribution in [0.4, 0.5) is 9.52 Å². The van der Waals surface area contributed by atoms with E-state index in [-0.39, 0.29) is 16.5 Å². The van der Waals surface area contributed by atoms with Crippen molar-refractivity contribution in [2.45, 2.75) is 19.8 Å². The molecule has 0 spiro atoms. The van der Waals surface area contributed by atoms with Crippen LogP contribution in [-0.4, -0.2) is 23.3 Å². The van der Waals surface area contributed by atoms with Gasteiger partial charge in [-0.05, 0) is 30.5 Å². The normalized spacial score (nSPS) is 10.6. The van der Waals surface area contributed by atoms with E-state index in [0.29, 0.717) is 11.7 Å². The van der Waals surface area contributed by atoms with Crippen molar-refractivity contribution < 1.29 is 14.0 Å². The maximum absolute atomic E-state index is 13.9. The summed E-state index contributed by atoms with van der Waals surface area (Å²) in [5.74, 6) is -1.34. The number of nitrogens with one attached hydrogen (secondary N) is 2. The summed E-state index contributed by atoms with van der Waals surface area (Å²) in [6.07, 6.45) is 1.73. The Morgan fingerprint density at radius 1 is 1.17 bits per heavy atom. The quantitative estimate of drug-likeness (QED) is 0.521. The molecule has 0 aliphatic carbocycles. The predicted octanol–water partition coefficient (Wildman–Crippen LogP) is 4.92. The van der Waals surface area contributed by atoms with E-state index in [9.17, 15) is 14.0 Å². The fourth-order valence-corrected chi connectivity index (χ4v) is 3.70. The van der Waals surface area contributed by atoms with Gasteiger partial charge in [-0.25, -0.2) is 9.37 Å². The third-order valence-electron chi connectivity index (χ3n) is 4.18. The molecule has 0 fully saturated rings. The van der Waals surface area contributed by atoms with Gasteiger partial charge in [0.1, 0.15) is 5.82 Å². The lowest BCUT2D eigenvalue weighted by molar-refractivity contribution is -0.118. The number of halogens is 2. The fraction of sp³-hybridized carbons (Fsp3) is 0.190. The number of anilines is 1. The summed E-state index contributed by atoms with van der Waals surface area (Å²) in [7, 11) is 0. The first-order valence-electron chi connectivity index (χ1n) is 8.98. The Balaban J connectivity index is 1.62. The SMILES string of the molecule is CC(=O)NCCCc1ccc(-c2csc(NC(=O)c3c(F)cccc3Cl)n2)cc1. The van der Waals surface area contributed by atoms with E-state index in [0.717, 1.165) is 29.7 Å². The third kappa shape index (κ3) is 5.62. The molecule has 1 heterocycles. The zero-order valence-corrected chi connectivity index (χ0v) is 17.2. The molecule has 2 amide bonds. The number of hydrogen-bond donors (Lipinski definition) is 2. The Kier molecular flexibility index (Phi) is 6.95. The summed E-state index contributed by atoms with van der Waals surface area (Å²) in [6.45, 7) is 2.16. The van der Waals surface area contributed by atoms with E-state index in [2.05, 4.69) is 15.6 Å².